The summed E-state index contributed by atoms with van der Waals surface area (Å²) in [4.78, 5) is 26.5. The van der Waals surface area contributed by atoms with Gasteiger partial charge in [0.05, 0.1) is 23.7 Å². The van der Waals surface area contributed by atoms with Gasteiger partial charge in [-0.15, -0.1) is 11.3 Å². The Hall–Kier alpha value is -3.45. The second kappa shape index (κ2) is 8.73. The standard InChI is InChI=1S/C24H24N4O2S/c1-15-8-7-9-16(2)22(15)26-21(29)13-25-23(30)20-12-19-17(3)27-28(24(19)31-20)14-18-10-5-4-6-11-18/h4-12H,13-14H2,1-3H3,(H,25,30)(H,26,29). The predicted octanol–water partition coefficient (Wildman–Crippen LogP) is 4.44. The highest BCUT2D eigenvalue weighted by Crippen LogP contribution is 2.29. The Morgan fingerprint density at radius 2 is 1.71 bits per heavy atom. The number of para-hydroxylation sites is 1. The second-order valence-corrected chi connectivity index (χ2v) is 8.59. The highest BCUT2D eigenvalue weighted by Gasteiger charge is 2.17. The van der Waals surface area contributed by atoms with E-state index >= 15 is 0 Å². The molecule has 4 rings (SSSR count). The number of amides is 2. The van der Waals surface area contributed by atoms with E-state index < -0.39 is 0 Å². The lowest BCUT2D eigenvalue weighted by Gasteiger charge is -2.11. The largest absolute Gasteiger partial charge is 0.342 e. The second-order valence-electron chi connectivity index (χ2n) is 7.56. The molecule has 0 aliphatic rings. The van der Waals surface area contributed by atoms with Crippen LogP contribution in [0.5, 0.6) is 0 Å². The maximum absolute atomic E-state index is 12.7. The van der Waals surface area contributed by atoms with Crippen LogP contribution in [-0.4, -0.2) is 28.1 Å². The van der Waals surface area contributed by atoms with Crippen LogP contribution >= 0.6 is 11.3 Å². The van der Waals surface area contributed by atoms with Crippen LogP contribution in [0.4, 0.5) is 5.69 Å². The molecule has 7 heteroatoms. The molecule has 0 atom stereocenters. The fourth-order valence-corrected chi connectivity index (χ4v) is 4.61. The van der Waals surface area contributed by atoms with E-state index in [0.29, 0.717) is 11.4 Å². The number of hydrogen-bond acceptors (Lipinski definition) is 4. The zero-order valence-corrected chi connectivity index (χ0v) is 18.5. The third-order valence-electron chi connectivity index (χ3n) is 5.16. The van der Waals surface area contributed by atoms with Crippen molar-refractivity contribution in [3.63, 3.8) is 0 Å². The van der Waals surface area contributed by atoms with Crippen LogP contribution in [-0.2, 0) is 11.3 Å². The van der Waals surface area contributed by atoms with Gasteiger partial charge in [-0.1, -0.05) is 48.5 Å². The minimum absolute atomic E-state index is 0.0873. The third kappa shape index (κ3) is 4.51. The highest BCUT2D eigenvalue weighted by molar-refractivity contribution is 7.20. The van der Waals surface area contributed by atoms with Crippen molar-refractivity contribution in [3.8, 4) is 0 Å². The third-order valence-corrected chi connectivity index (χ3v) is 6.31. The maximum atomic E-state index is 12.7. The number of rotatable bonds is 6. The zero-order chi connectivity index (χ0) is 22.0. The SMILES string of the molecule is Cc1cccc(C)c1NC(=O)CNC(=O)c1cc2c(C)nn(Cc3ccccc3)c2s1. The number of fused-ring (bicyclic) bond motifs is 1. The average molecular weight is 433 g/mol. The molecule has 2 amide bonds. The summed E-state index contributed by atoms with van der Waals surface area (Å²) in [5.74, 6) is -0.512. The summed E-state index contributed by atoms with van der Waals surface area (Å²) in [6, 6.07) is 17.8. The van der Waals surface area contributed by atoms with Crippen LogP contribution < -0.4 is 10.6 Å². The topological polar surface area (TPSA) is 76.0 Å². The number of carbonyl (C=O) groups excluding carboxylic acids is 2. The molecule has 0 saturated carbocycles. The van der Waals surface area contributed by atoms with Crippen molar-refractivity contribution in [1.29, 1.82) is 0 Å². The number of anilines is 1. The number of thiophene rings is 1. The molecule has 2 heterocycles. The summed E-state index contributed by atoms with van der Waals surface area (Å²) in [7, 11) is 0. The first-order chi connectivity index (χ1) is 14.9. The quantitative estimate of drug-likeness (QED) is 0.473. The van der Waals surface area contributed by atoms with E-state index in [1.54, 1.807) is 0 Å². The van der Waals surface area contributed by atoms with Crippen LogP contribution in [0.2, 0.25) is 0 Å². The van der Waals surface area contributed by atoms with Gasteiger partial charge in [-0.25, -0.2) is 0 Å². The molecule has 0 radical (unpaired) electrons. The van der Waals surface area contributed by atoms with Crippen LogP contribution in [0.25, 0.3) is 10.2 Å². The van der Waals surface area contributed by atoms with E-state index in [1.165, 1.54) is 11.3 Å². The molecule has 0 unspecified atom stereocenters. The Kier molecular flexibility index (Phi) is 5.86. The zero-order valence-electron chi connectivity index (χ0n) is 17.7. The minimum atomic E-state index is -0.261. The van der Waals surface area contributed by atoms with Crippen LogP contribution in [0.15, 0.2) is 54.6 Å². The molecule has 4 aromatic rings. The summed E-state index contributed by atoms with van der Waals surface area (Å²) in [6.45, 7) is 6.38. The van der Waals surface area contributed by atoms with Gasteiger partial charge < -0.3 is 10.6 Å². The van der Waals surface area contributed by atoms with Crippen molar-refractivity contribution in [2.45, 2.75) is 27.3 Å². The molecular formula is C24H24N4O2S. The predicted molar refractivity (Wildman–Crippen MR) is 125 cm³/mol. The summed E-state index contributed by atoms with van der Waals surface area (Å²) >= 11 is 1.39. The van der Waals surface area contributed by atoms with E-state index in [4.69, 9.17) is 0 Å². The molecule has 0 spiro atoms. The van der Waals surface area contributed by atoms with E-state index in [-0.39, 0.29) is 18.4 Å². The number of aromatic nitrogens is 2. The number of nitrogens with zero attached hydrogens (tertiary/aromatic N) is 2. The van der Waals surface area contributed by atoms with Gasteiger partial charge >= 0.3 is 0 Å². The van der Waals surface area contributed by atoms with Gasteiger partial charge in [0.1, 0.15) is 4.83 Å². The van der Waals surface area contributed by atoms with Crippen molar-refractivity contribution >= 4 is 39.1 Å². The van der Waals surface area contributed by atoms with E-state index in [9.17, 15) is 9.59 Å². The van der Waals surface area contributed by atoms with Crippen molar-refractivity contribution in [3.05, 3.63) is 81.9 Å². The van der Waals surface area contributed by atoms with Crippen molar-refractivity contribution in [1.82, 2.24) is 15.1 Å². The van der Waals surface area contributed by atoms with E-state index in [0.717, 1.165) is 38.3 Å². The first-order valence-electron chi connectivity index (χ1n) is 10.1. The van der Waals surface area contributed by atoms with E-state index in [2.05, 4.69) is 27.9 Å². The molecule has 6 nitrogen and oxygen atoms in total. The summed E-state index contributed by atoms with van der Waals surface area (Å²) in [5, 5.41) is 11.2. The lowest BCUT2D eigenvalue weighted by Crippen LogP contribution is -2.32. The minimum Gasteiger partial charge on any atom is -0.342 e. The molecule has 0 fully saturated rings. The fraction of sp³-hybridized carbons (Fsp3) is 0.208. The van der Waals surface area contributed by atoms with Gasteiger partial charge in [0.25, 0.3) is 5.91 Å². The summed E-state index contributed by atoms with van der Waals surface area (Å²) in [5.41, 5.74) is 4.80. The Labute approximate surface area is 184 Å². The number of hydrogen-bond donors (Lipinski definition) is 2. The Bertz CT molecular complexity index is 1240. The summed E-state index contributed by atoms with van der Waals surface area (Å²) < 4.78 is 1.93. The van der Waals surface area contributed by atoms with E-state index in [1.807, 2.05) is 67.9 Å². The van der Waals surface area contributed by atoms with Crippen LogP contribution in [0.3, 0.4) is 0 Å². The van der Waals surface area contributed by atoms with Gasteiger partial charge in [-0.05, 0) is 43.5 Å². The monoisotopic (exact) mass is 432 g/mol. The van der Waals surface area contributed by atoms with Crippen molar-refractivity contribution in [2.75, 3.05) is 11.9 Å². The van der Waals surface area contributed by atoms with Crippen LogP contribution in [0.1, 0.15) is 32.1 Å². The molecule has 2 aromatic carbocycles. The molecule has 0 saturated heterocycles. The lowest BCUT2D eigenvalue weighted by atomic mass is 10.1. The lowest BCUT2D eigenvalue weighted by molar-refractivity contribution is -0.115. The van der Waals surface area contributed by atoms with Crippen LogP contribution in [0, 0.1) is 20.8 Å². The Morgan fingerprint density at radius 1 is 1.00 bits per heavy atom. The summed E-state index contributed by atoms with van der Waals surface area (Å²) in [6.07, 6.45) is 0. The van der Waals surface area contributed by atoms with Gasteiger partial charge in [0.2, 0.25) is 5.91 Å². The number of aryl methyl sites for hydroxylation is 3. The van der Waals surface area contributed by atoms with Gasteiger partial charge in [-0.3, -0.25) is 14.3 Å². The van der Waals surface area contributed by atoms with Crippen molar-refractivity contribution < 1.29 is 9.59 Å². The number of nitrogens with one attached hydrogen (secondary N) is 2. The molecule has 0 aliphatic carbocycles. The Morgan fingerprint density at radius 3 is 2.42 bits per heavy atom. The molecule has 0 aliphatic heterocycles. The first kappa shape index (κ1) is 20.8. The molecular weight excluding hydrogens is 408 g/mol. The van der Waals surface area contributed by atoms with Crippen molar-refractivity contribution in [2.24, 2.45) is 0 Å². The van der Waals surface area contributed by atoms with Gasteiger partial charge in [-0.2, -0.15) is 5.10 Å². The van der Waals surface area contributed by atoms with Gasteiger partial charge in [0, 0.05) is 11.1 Å². The van der Waals surface area contributed by atoms with Gasteiger partial charge in [0.15, 0.2) is 0 Å². The molecule has 31 heavy (non-hydrogen) atoms. The normalized spacial score (nSPS) is 10.9. The maximum Gasteiger partial charge on any atom is 0.261 e. The number of carbonyl (C=O) groups is 2. The average Bonchev–Trinajstić information content (AvgIpc) is 3.31. The Balaban J connectivity index is 1.44. The number of benzene rings is 2. The molecule has 158 valence electrons. The molecule has 2 N–H and O–H groups in total. The smallest absolute Gasteiger partial charge is 0.261 e. The highest BCUT2D eigenvalue weighted by atomic mass is 32.1. The fourth-order valence-electron chi connectivity index (χ4n) is 3.53. The molecule has 2 aromatic heterocycles. The first-order valence-corrected chi connectivity index (χ1v) is 10.9. The molecule has 0 bridgehead atoms.